The molecular formula is C10H12N2O3. The van der Waals surface area contributed by atoms with E-state index in [-0.39, 0.29) is 12.3 Å². The van der Waals surface area contributed by atoms with Crippen molar-refractivity contribution >= 4 is 12.0 Å². The van der Waals surface area contributed by atoms with E-state index in [0.717, 1.165) is 5.56 Å². The van der Waals surface area contributed by atoms with Crippen LogP contribution in [0.25, 0.3) is 0 Å². The zero-order chi connectivity index (χ0) is 11.1. The summed E-state index contributed by atoms with van der Waals surface area (Å²) in [6.45, 7) is 0. The summed E-state index contributed by atoms with van der Waals surface area (Å²) in [5.41, 5.74) is 7.66. The van der Waals surface area contributed by atoms with Gasteiger partial charge in [-0.1, -0.05) is 30.3 Å². The summed E-state index contributed by atoms with van der Waals surface area (Å²) in [4.78, 5) is 25.4. The fraction of sp³-hybridized carbons (Fsp3) is 0.200. The van der Waals surface area contributed by atoms with Crippen LogP contribution in [-0.4, -0.2) is 12.0 Å². The highest BCUT2D eigenvalue weighted by molar-refractivity contribution is 5.77. The Labute approximate surface area is 87.2 Å². The van der Waals surface area contributed by atoms with E-state index in [0.29, 0.717) is 6.42 Å². The Morgan fingerprint density at radius 1 is 1.27 bits per heavy atom. The number of aryl methyl sites for hydroxylation is 1. The van der Waals surface area contributed by atoms with Gasteiger partial charge in [0.2, 0.25) is 0 Å². The number of nitrogens with two attached hydrogens (primary N) is 1. The number of amides is 2. The topological polar surface area (TPSA) is 81.4 Å². The molecule has 3 N–H and O–H groups in total. The maximum atomic E-state index is 11.1. The van der Waals surface area contributed by atoms with E-state index in [9.17, 15) is 9.59 Å². The molecule has 1 aromatic carbocycles. The van der Waals surface area contributed by atoms with Crippen LogP contribution >= 0.6 is 0 Å². The third-order valence-electron chi connectivity index (χ3n) is 1.75. The number of hydroxylamine groups is 1. The fourth-order valence-corrected chi connectivity index (χ4v) is 1.06. The molecule has 0 radical (unpaired) electrons. The predicted octanol–water partition coefficient (Wildman–Crippen LogP) is 0.746. The molecule has 0 aliphatic carbocycles. The van der Waals surface area contributed by atoms with Gasteiger partial charge in [-0.05, 0) is 12.0 Å². The van der Waals surface area contributed by atoms with Crippen LogP contribution in [0.5, 0.6) is 0 Å². The van der Waals surface area contributed by atoms with Crippen molar-refractivity contribution in [2.75, 3.05) is 0 Å². The minimum atomic E-state index is -1.02. The first-order chi connectivity index (χ1) is 7.18. The minimum Gasteiger partial charge on any atom is -0.333 e. The second-order valence-corrected chi connectivity index (χ2v) is 2.93. The normalized spacial score (nSPS) is 9.33. The SMILES string of the molecule is NC(=O)ONC(=O)CCc1ccccc1. The van der Waals surface area contributed by atoms with E-state index in [1.165, 1.54) is 0 Å². The van der Waals surface area contributed by atoms with E-state index < -0.39 is 6.09 Å². The lowest BCUT2D eigenvalue weighted by Gasteiger charge is -2.02. The molecule has 1 rings (SSSR count). The van der Waals surface area contributed by atoms with Crippen LogP contribution in [0.3, 0.4) is 0 Å². The van der Waals surface area contributed by atoms with Gasteiger partial charge >= 0.3 is 6.09 Å². The molecule has 1 aromatic rings. The molecule has 0 saturated heterocycles. The largest absolute Gasteiger partial charge is 0.428 e. The summed E-state index contributed by atoms with van der Waals surface area (Å²) < 4.78 is 0. The summed E-state index contributed by atoms with van der Waals surface area (Å²) in [6.07, 6.45) is -0.186. The van der Waals surface area contributed by atoms with Gasteiger partial charge in [0.15, 0.2) is 0 Å². The van der Waals surface area contributed by atoms with Gasteiger partial charge in [0.25, 0.3) is 5.91 Å². The van der Waals surface area contributed by atoms with Gasteiger partial charge in [-0.25, -0.2) is 4.79 Å². The molecule has 80 valence electrons. The standard InChI is InChI=1S/C10H12N2O3/c11-10(14)15-12-9(13)7-6-8-4-2-1-3-5-8/h1-5H,6-7H2,(H2,11,14)(H,12,13). The van der Waals surface area contributed by atoms with Gasteiger partial charge in [-0.3, -0.25) is 4.79 Å². The number of nitrogens with one attached hydrogen (secondary N) is 1. The molecule has 5 heteroatoms. The second-order valence-electron chi connectivity index (χ2n) is 2.93. The summed E-state index contributed by atoms with van der Waals surface area (Å²) in [6, 6.07) is 9.53. The van der Waals surface area contributed by atoms with E-state index in [4.69, 9.17) is 0 Å². The zero-order valence-electron chi connectivity index (χ0n) is 8.10. The lowest BCUT2D eigenvalue weighted by Crippen LogP contribution is -2.29. The van der Waals surface area contributed by atoms with Gasteiger partial charge in [0.05, 0.1) is 0 Å². The molecule has 15 heavy (non-hydrogen) atoms. The third-order valence-corrected chi connectivity index (χ3v) is 1.75. The number of carbonyl (C=O) groups excluding carboxylic acids is 2. The lowest BCUT2D eigenvalue weighted by atomic mass is 10.1. The van der Waals surface area contributed by atoms with Crippen LogP contribution in [0, 0.1) is 0 Å². The van der Waals surface area contributed by atoms with Gasteiger partial charge in [-0.15, -0.1) is 0 Å². The highest BCUT2D eigenvalue weighted by Gasteiger charge is 2.03. The van der Waals surface area contributed by atoms with Crippen molar-refractivity contribution < 1.29 is 14.4 Å². The molecule has 0 heterocycles. The predicted molar refractivity (Wildman–Crippen MR) is 53.6 cm³/mol. The Morgan fingerprint density at radius 3 is 2.53 bits per heavy atom. The summed E-state index contributed by atoms with van der Waals surface area (Å²) in [7, 11) is 0. The number of hydrogen-bond donors (Lipinski definition) is 2. The number of benzene rings is 1. The van der Waals surface area contributed by atoms with Crippen molar-refractivity contribution in [1.82, 2.24) is 5.48 Å². The molecule has 0 bridgehead atoms. The molecule has 0 unspecified atom stereocenters. The van der Waals surface area contributed by atoms with E-state index in [1.807, 2.05) is 35.8 Å². The van der Waals surface area contributed by atoms with Crippen molar-refractivity contribution in [1.29, 1.82) is 0 Å². The molecule has 0 fully saturated rings. The first-order valence-corrected chi connectivity index (χ1v) is 4.47. The first-order valence-electron chi connectivity index (χ1n) is 4.47. The van der Waals surface area contributed by atoms with E-state index in [1.54, 1.807) is 0 Å². The zero-order valence-corrected chi connectivity index (χ0v) is 8.10. The molecule has 0 saturated carbocycles. The minimum absolute atomic E-state index is 0.247. The van der Waals surface area contributed by atoms with Gasteiger partial charge < -0.3 is 10.6 Å². The van der Waals surface area contributed by atoms with Crippen molar-refractivity contribution in [2.45, 2.75) is 12.8 Å². The molecule has 0 spiro atoms. The van der Waals surface area contributed by atoms with Crippen LogP contribution in [0.1, 0.15) is 12.0 Å². The smallest absolute Gasteiger partial charge is 0.333 e. The average molecular weight is 208 g/mol. The van der Waals surface area contributed by atoms with Crippen molar-refractivity contribution in [2.24, 2.45) is 5.73 Å². The van der Waals surface area contributed by atoms with Crippen molar-refractivity contribution in [3.05, 3.63) is 35.9 Å². The first kappa shape index (κ1) is 11.0. The molecule has 0 aliphatic rings. The highest BCUT2D eigenvalue weighted by Crippen LogP contribution is 2.01. The molecule has 0 aromatic heterocycles. The van der Waals surface area contributed by atoms with Crippen LogP contribution in [0.2, 0.25) is 0 Å². The second kappa shape index (κ2) is 5.64. The molecule has 5 nitrogen and oxygen atoms in total. The van der Waals surface area contributed by atoms with Gasteiger partial charge in [0.1, 0.15) is 0 Å². The van der Waals surface area contributed by atoms with Crippen LogP contribution in [-0.2, 0) is 16.1 Å². The summed E-state index contributed by atoms with van der Waals surface area (Å²) >= 11 is 0. The van der Waals surface area contributed by atoms with Crippen LogP contribution < -0.4 is 11.2 Å². The van der Waals surface area contributed by atoms with Gasteiger partial charge in [0, 0.05) is 6.42 Å². The third kappa shape index (κ3) is 4.66. The Bertz CT molecular complexity index is 338. The fourth-order valence-electron chi connectivity index (χ4n) is 1.06. The van der Waals surface area contributed by atoms with Crippen LogP contribution in [0.15, 0.2) is 30.3 Å². The van der Waals surface area contributed by atoms with Gasteiger partial charge in [-0.2, -0.15) is 5.48 Å². The number of carbonyl (C=O) groups is 2. The maximum Gasteiger partial charge on any atom is 0.428 e. The lowest BCUT2D eigenvalue weighted by molar-refractivity contribution is -0.129. The summed E-state index contributed by atoms with van der Waals surface area (Å²) in [5.74, 6) is -0.377. The van der Waals surface area contributed by atoms with E-state index >= 15 is 0 Å². The highest BCUT2D eigenvalue weighted by atomic mass is 16.7. The van der Waals surface area contributed by atoms with Crippen molar-refractivity contribution in [3.8, 4) is 0 Å². The number of hydrogen-bond acceptors (Lipinski definition) is 3. The Hall–Kier alpha value is -2.04. The number of rotatable bonds is 3. The summed E-state index contributed by atoms with van der Waals surface area (Å²) in [5, 5.41) is 0. The van der Waals surface area contributed by atoms with Crippen molar-refractivity contribution in [3.63, 3.8) is 0 Å². The quantitative estimate of drug-likeness (QED) is 0.719. The maximum absolute atomic E-state index is 11.1. The Balaban J connectivity index is 2.26. The Morgan fingerprint density at radius 2 is 1.93 bits per heavy atom. The number of primary amides is 1. The van der Waals surface area contributed by atoms with E-state index in [2.05, 4.69) is 10.6 Å². The Kier molecular flexibility index (Phi) is 4.15. The average Bonchev–Trinajstić information content (AvgIpc) is 2.25. The molecular weight excluding hydrogens is 196 g/mol. The van der Waals surface area contributed by atoms with Crippen LogP contribution in [0.4, 0.5) is 4.79 Å². The molecule has 0 aliphatic heterocycles. The monoisotopic (exact) mass is 208 g/mol. The molecule has 2 amide bonds. The molecule has 0 atom stereocenters.